The van der Waals surface area contributed by atoms with Gasteiger partial charge in [-0.05, 0) is 59.7 Å². The van der Waals surface area contributed by atoms with Gasteiger partial charge in [-0.25, -0.2) is 21.2 Å². The molecule has 0 aromatic heterocycles. The number of benzene rings is 3. The number of ether oxygens (including phenoxy) is 2. The molecule has 36 heavy (non-hydrogen) atoms. The summed E-state index contributed by atoms with van der Waals surface area (Å²) in [6.45, 7) is 4.18. The van der Waals surface area contributed by atoms with Crippen LogP contribution in [0.5, 0.6) is 11.5 Å². The highest BCUT2D eigenvalue weighted by Crippen LogP contribution is 2.33. The third kappa shape index (κ3) is 5.39. The predicted octanol–water partition coefficient (Wildman–Crippen LogP) is 3.98. The molecule has 0 aliphatic carbocycles. The maximum absolute atomic E-state index is 13.7. The normalized spacial score (nSPS) is 13.5. The fourth-order valence-electron chi connectivity index (χ4n) is 3.91. The first-order valence-electron chi connectivity index (χ1n) is 11.4. The smallest absolute Gasteiger partial charge is 0.243 e. The summed E-state index contributed by atoms with van der Waals surface area (Å²) in [5.74, 6) is 0.684. The van der Waals surface area contributed by atoms with Crippen LogP contribution in [0.4, 0.5) is 4.39 Å². The van der Waals surface area contributed by atoms with Crippen molar-refractivity contribution in [2.24, 2.45) is 0 Å². The maximum atomic E-state index is 13.7. The van der Waals surface area contributed by atoms with Crippen molar-refractivity contribution >= 4 is 20.0 Å². The van der Waals surface area contributed by atoms with Crippen LogP contribution in [-0.2, 0) is 33.1 Å². The Morgan fingerprint density at radius 2 is 1.19 bits per heavy atom. The van der Waals surface area contributed by atoms with Crippen molar-refractivity contribution in [3.8, 4) is 11.5 Å². The Labute approximate surface area is 211 Å². The van der Waals surface area contributed by atoms with Gasteiger partial charge in [-0.15, -0.1) is 0 Å². The van der Waals surface area contributed by atoms with E-state index in [9.17, 15) is 21.2 Å². The molecule has 0 spiro atoms. The van der Waals surface area contributed by atoms with Gasteiger partial charge in [-0.2, -0.15) is 8.61 Å². The summed E-state index contributed by atoms with van der Waals surface area (Å²) in [7, 11) is -7.78. The van der Waals surface area contributed by atoms with Crippen molar-refractivity contribution in [2.75, 3.05) is 19.9 Å². The zero-order chi connectivity index (χ0) is 25.9. The molecule has 1 aliphatic rings. The molecule has 192 valence electrons. The van der Waals surface area contributed by atoms with Crippen LogP contribution in [0.1, 0.15) is 25.0 Å². The molecule has 8 nitrogen and oxygen atoms in total. The first-order chi connectivity index (χ1) is 17.1. The van der Waals surface area contributed by atoms with Crippen molar-refractivity contribution in [3.63, 3.8) is 0 Å². The van der Waals surface area contributed by atoms with Crippen molar-refractivity contribution in [2.45, 2.75) is 36.7 Å². The highest BCUT2D eigenvalue weighted by molar-refractivity contribution is 7.89. The van der Waals surface area contributed by atoms with Crippen LogP contribution in [0.15, 0.2) is 76.5 Å². The number of rotatable bonds is 10. The molecule has 3 aromatic carbocycles. The largest absolute Gasteiger partial charge is 0.454 e. The van der Waals surface area contributed by atoms with Gasteiger partial charge in [0.05, 0.1) is 9.79 Å². The molecule has 1 aliphatic heterocycles. The third-order valence-corrected chi connectivity index (χ3v) is 9.74. The fourth-order valence-corrected chi connectivity index (χ4v) is 6.78. The lowest BCUT2D eigenvalue weighted by Crippen LogP contribution is -2.31. The van der Waals surface area contributed by atoms with Crippen LogP contribution in [-0.4, -0.2) is 45.3 Å². The molecule has 11 heteroatoms. The second-order valence-corrected chi connectivity index (χ2v) is 12.0. The monoisotopic (exact) mass is 534 g/mol. The van der Waals surface area contributed by atoms with Gasteiger partial charge in [-0.1, -0.05) is 32.0 Å². The first-order valence-corrected chi connectivity index (χ1v) is 14.3. The van der Waals surface area contributed by atoms with E-state index in [0.29, 0.717) is 35.7 Å². The molecule has 0 amide bonds. The van der Waals surface area contributed by atoms with Crippen molar-refractivity contribution in [3.05, 3.63) is 83.7 Å². The molecule has 1 heterocycles. The first kappa shape index (κ1) is 26.1. The van der Waals surface area contributed by atoms with Gasteiger partial charge in [0.25, 0.3) is 0 Å². The number of fused-ring (bicyclic) bond motifs is 1. The molecule has 0 bridgehead atoms. The Kier molecular flexibility index (Phi) is 7.65. The Hall–Kier alpha value is -2.99. The van der Waals surface area contributed by atoms with Crippen LogP contribution < -0.4 is 9.47 Å². The summed E-state index contributed by atoms with van der Waals surface area (Å²) in [6, 6.07) is 16.0. The fraction of sp³-hybridized carbons (Fsp3) is 0.280. The molecule has 0 fully saturated rings. The molecule has 0 radical (unpaired) electrons. The molecule has 0 atom stereocenters. The second-order valence-electron chi connectivity index (χ2n) is 8.15. The van der Waals surface area contributed by atoms with Crippen LogP contribution in [0, 0.1) is 5.82 Å². The summed E-state index contributed by atoms with van der Waals surface area (Å²) >= 11 is 0. The van der Waals surface area contributed by atoms with E-state index >= 15 is 0 Å². The molecule has 0 N–H and O–H groups in total. The van der Waals surface area contributed by atoms with E-state index in [0.717, 1.165) is 0 Å². The number of halogens is 1. The van der Waals surface area contributed by atoms with Crippen LogP contribution in [0.25, 0.3) is 0 Å². The summed E-state index contributed by atoms with van der Waals surface area (Å²) in [5, 5.41) is 0. The third-order valence-electron chi connectivity index (χ3n) is 5.87. The van der Waals surface area contributed by atoms with Crippen molar-refractivity contribution < 1.29 is 30.7 Å². The van der Waals surface area contributed by atoms with E-state index in [4.69, 9.17) is 9.47 Å². The van der Waals surface area contributed by atoms with Gasteiger partial charge in [0.15, 0.2) is 11.5 Å². The number of nitrogens with zero attached hydrogens (tertiary/aromatic N) is 2. The predicted molar refractivity (Wildman–Crippen MR) is 132 cm³/mol. The lowest BCUT2D eigenvalue weighted by atomic mass is 10.2. The molecule has 0 unspecified atom stereocenters. The molecular weight excluding hydrogens is 507 g/mol. The zero-order valence-corrected chi connectivity index (χ0v) is 21.6. The van der Waals surface area contributed by atoms with E-state index in [1.807, 2.05) is 0 Å². The molecular formula is C25H27FN2O6S2. The second kappa shape index (κ2) is 10.6. The van der Waals surface area contributed by atoms with Gasteiger partial charge >= 0.3 is 0 Å². The van der Waals surface area contributed by atoms with E-state index in [1.54, 1.807) is 32.0 Å². The molecule has 3 aromatic rings. The average molecular weight is 535 g/mol. The van der Waals surface area contributed by atoms with Gasteiger partial charge in [-0.3, -0.25) is 0 Å². The van der Waals surface area contributed by atoms with E-state index in [-0.39, 0.29) is 29.7 Å². The summed E-state index contributed by atoms with van der Waals surface area (Å²) in [6.07, 6.45) is 0. The van der Waals surface area contributed by atoms with Gasteiger partial charge in [0, 0.05) is 26.2 Å². The molecule has 0 saturated heterocycles. The highest BCUT2D eigenvalue weighted by atomic mass is 32.2. The van der Waals surface area contributed by atoms with Gasteiger partial charge in [0.1, 0.15) is 5.82 Å². The van der Waals surface area contributed by atoms with Crippen LogP contribution >= 0.6 is 0 Å². The van der Waals surface area contributed by atoms with E-state index in [1.165, 1.54) is 57.1 Å². The Bertz CT molecular complexity index is 1420. The number of hydrogen-bond acceptors (Lipinski definition) is 6. The summed E-state index contributed by atoms with van der Waals surface area (Å²) < 4.78 is 79.7. The van der Waals surface area contributed by atoms with E-state index in [2.05, 4.69) is 0 Å². The minimum absolute atomic E-state index is 0.00977. The molecule has 4 rings (SSSR count). The lowest BCUT2D eigenvalue weighted by Gasteiger charge is -2.23. The quantitative estimate of drug-likeness (QED) is 0.391. The highest BCUT2D eigenvalue weighted by Gasteiger charge is 2.28. The minimum Gasteiger partial charge on any atom is -0.454 e. The SMILES string of the molecule is CCN(CC)S(=O)(=O)c1ccc(S(=O)(=O)N(Cc2ccc(F)cc2)Cc2ccc3c(c2)OCO3)cc1. The standard InChI is InChI=1S/C25H27FN2O6S2/c1-3-27(4-2)35(29,30)22-10-12-23(13-11-22)36(31,32)28(16-19-5-8-21(26)9-6-19)17-20-7-14-24-25(15-20)34-18-33-24/h5-15H,3-4,16-18H2,1-2H3. The van der Waals surface area contributed by atoms with E-state index < -0.39 is 25.9 Å². The molecule has 0 saturated carbocycles. The Morgan fingerprint density at radius 3 is 1.78 bits per heavy atom. The van der Waals surface area contributed by atoms with Gasteiger partial charge in [0.2, 0.25) is 26.8 Å². The topological polar surface area (TPSA) is 93.2 Å². The van der Waals surface area contributed by atoms with Crippen molar-refractivity contribution in [1.29, 1.82) is 0 Å². The van der Waals surface area contributed by atoms with Crippen molar-refractivity contribution in [1.82, 2.24) is 8.61 Å². The summed E-state index contributed by atoms with van der Waals surface area (Å²) in [5.41, 5.74) is 1.27. The summed E-state index contributed by atoms with van der Waals surface area (Å²) in [4.78, 5) is -0.0325. The van der Waals surface area contributed by atoms with Crippen LogP contribution in [0.2, 0.25) is 0 Å². The lowest BCUT2D eigenvalue weighted by molar-refractivity contribution is 0.174. The number of hydrogen-bond donors (Lipinski definition) is 0. The number of sulfonamides is 2. The van der Waals surface area contributed by atoms with Gasteiger partial charge < -0.3 is 9.47 Å². The van der Waals surface area contributed by atoms with Crippen LogP contribution in [0.3, 0.4) is 0 Å². The Balaban J connectivity index is 1.67. The minimum atomic E-state index is -4.06. The average Bonchev–Trinajstić information content (AvgIpc) is 3.33. The maximum Gasteiger partial charge on any atom is 0.243 e. The zero-order valence-electron chi connectivity index (χ0n) is 19.9. The Morgan fingerprint density at radius 1 is 0.694 bits per heavy atom.